The maximum Gasteiger partial charge on any atom is 0.0255 e. The molecule has 0 heteroatoms. The summed E-state index contributed by atoms with van der Waals surface area (Å²) in [6.45, 7) is 0. The molecule has 0 heterocycles. The maximum atomic E-state index is 5.33. The van der Waals surface area contributed by atoms with Gasteiger partial charge in [0.2, 0.25) is 0 Å². The van der Waals surface area contributed by atoms with E-state index in [1.807, 2.05) is 42.5 Å². The fraction of sp³-hybridized carbons (Fsp3) is 0. The van der Waals surface area contributed by atoms with Gasteiger partial charge in [-0.25, -0.2) is 0 Å². The number of terminal acetylenes is 1. The zero-order valence-electron chi connectivity index (χ0n) is 10.9. The molecule has 0 unspecified atom stereocenters. The average Bonchev–Trinajstić information content (AvgIpc) is 2.53. The first-order chi connectivity index (χ1) is 9.85. The van der Waals surface area contributed by atoms with Gasteiger partial charge >= 0.3 is 0 Å². The molecule has 0 spiro atoms. The van der Waals surface area contributed by atoms with Crippen LogP contribution in [-0.4, -0.2) is 0 Å². The van der Waals surface area contributed by atoms with Crippen molar-refractivity contribution < 1.29 is 0 Å². The monoisotopic (exact) mass is 252 g/mol. The summed E-state index contributed by atoms with van der Waals surface area (Å²) in [5.41, 5.74) is 2.86. The quantitative estimate of drug-likeness (QED) is 0.525. The Labute approximate surface area is 119 Å². The van der Waals surface area contributed by atoms with E-state index in [0.29, 0.717) is 0 Å². The molecular formula is C20H12. The average molecular weight is 252 g/mol. The van der Waals surface area contributed by atoms with Crippen LogP contribution in [-0.2, 0) is 0 Å². The van der Waals surface area contributed by atoms with Crippen LogP contribution in [0.1, 0.15) is 16.7 Å². The van der Waals surface area contributed by atoms with Gasteiger partial charge in [-0.2, -0.15) is 0 Å². The SMILES string of the molecule is C#Cc1ccc(C#Cc2ccc3ccccc3c2)cc1. The zero-order chi connectivity index (χ0) is 13.8. The smallest absolute Gasteiger partial charge is 0.0255 e. The molecule has 3 aromatic carbocycles. The Morgan fingerprint density at radius 1 is 0.600 bits per heavy atom. The predicted molar refractivity (Wildman–Crippen MR) is 84.3 cm³/mol. The molecule has 0 saturated heterocycles. The fourth-order valence-electron chi connectivity index (χ4n) is 2.06. The molecule has 0 saturated carbocycles. The Balaban J connectivity index is 1.93. The second-order valence-electron chi connectivity index (χ2n) is 4.53. The standard InChI is InChI=1S/C20H12/c1-2-16-7-9-17(10-8-16)11-12-18-13-14-19-5-3-4-6-20(19)15-18/h1,3-10,13-15H. The van der Waals surface area contributed by atoms with E-state index < -0.39 is 0 Å². The molecule has 0 aromatic heterocycles. The highest BCUT2D eigenvalue weighted by Gasteiger charge is 1.93. The van der Waals surface area contributed by atoms with Gasteiger partial charge in [0.25, 0.3) is 0 Å². The van der Waals surface area contributed by atoms with E-state index in [1.165, 1.54) is 10.8 Å². The van der Waals surface area contributed by atoms with Crippen LogP contribution >= 0.6 is 0 Å². The van der Waals surface area contributed by atoms with Crippen LogP contribution in [0.25, 0.3) is 10.8 Å². The van der Waals surface area contributed by atoms with Crippen molar-refractivity contribution in [1.82, 2.24) is 0 Å². The molecular weight excluding hydrogens is 240 g/mol. The lowest BCUT2D eigenvalue weighted by molar-refractivity contribution is 1.60. The Morgan fingerprint density at radius 3 is 1.95 bits per heavy atom. The van der Waals surface area contributed by atoms with Gasteiger partial charge in [-0.05, 0) is 47.2 Å². The molecule has 3 aromatic rings. The Kier molecular flexibility index (Phi) is 3.24. The summed E-state index contributed by atoms with van der Waals surface area (Å²) in [4.78, 5) is 0. The summed E-state index contributed by atoms with van der Waals surface area (Å²) in [5, 5.41) is 2.44. The van der Waals surface area contributed by atoms with Gasteiger partial charge in [-0.1, -0.05) is 48.1 Å². The third-order valence-electron chi connectivity index (χ3n) is 3.15. The van der Waals surface area contributed by atoms with E-state index in [1.54, 1.807) is 0 Å². The number of hydrogen-bond acceptors (Lipinski definition) is 0. The lowest BCUT2D eigenvalue weighted by Gasteiger charge is -1.97. The van der Waals surface area contributed by atoms with Gasteiger partial charge in [0.05, 0.1) is 0 Å². The van der Waals surface area contributed by atoms with Gasteiger partial charge < -0.3 is 0 Å². The normalized spacial score (nSPS) is 9.55. The highest BCUT2D eigenvalue weighted by atomic mass is 14.0. The van der Waals surface area contributed by atoms with Crippen LogP contribution in [0.15, 0.2) is 66.7 Å². The van der Waals surface area contributed by atoms with Crippen molar-refractivity contribution in [2.24, 2.45) is 0 Å². The third kappa shape index (κ3) is 2.56. The molecule has 0 N–H and O–H groups in total. The predicted octanol–water partition coefficient (Wildman–Crippen LogP) is 4.22. The number of rotatable bonds is 0. The lowest BCUT2D eigenvalue weighted by atomic mass is 10.1. The summed E-state index contributed by atoms with van der Waals surface area (Å²) in [7, 11) is 0. The van der Waals surface area contributed by atoms with Crippen molar-refractivity contribution in [2.75, 3.05) is 0 Å². The van der Waals surface area contributed by atoms with E-state index in [9.17, 15) is 0 Å². The van der Waals surface area contributed by atoms with Crippen LogP contribution in [0, 0.1) is 24.2 Å². The van der Waals surface area contributed by atoms with Crippen molar-refractivity contribution in [3.05, 3.63) is 83.4 Å². The molecule has 0 aliphatic rings. The third-order valence-corrected chi connectivity index (χ3v) is 3.15. The maximum absolute atomic E-state index is 5.33. The summed E-state index contributed by atoms with van der Waals surface area (Å²) >= 11 is 0. The minimum absolute atomic E-state index is 0.876. The van der Waals surface area contributed by atoms with Gasteiger partial charge in [-0.15, -0.1) is 6.42 Å². The number of hydrogen-bond donors (Lipinski definition) is 0. The van der Waals surface area contributed by atoms with Crippen LogP contribution in [0.2, 0.25) is 0 Å². The van der Waals surface area contributed by atoms with Crippen molar-refractivity contribution >= 4 is 10.8 Å². The molecule has 0 radical (unpaired) electrons. The summed E-state index contributed by atoms with van der Waals surface area (Å²) in [5.74, 6) is 8.95. The first-order valence-electron chi connectivity index (χ1n) is 6.43. The fourth-order valence-corrected chi connectivity index (χ4v) is 2.06. The minimum Gasteiger partial charge on any atom is -0.115 e. The second kappa shape index (κ2) is 5.35. The summed E-state index contributed by atoms with van der Waals surface area (Å²) in [6.07, 6.45) is 5.33. The summed E-state index contributed by atoms with van der Waals surface area (Å²) < 4.78 is 0. The molecule has 0 aliphatic heterocycles. The first-order valence-corrected chi connectivity index (χ1v) is 6.43. The van der Waals surface area contributed by atoms with Crippen LogP contribution in [0.4, 0.5) is 0 Å². The van der Waals surface area contributed by atoms with E-state index >= 15 is 0 Å². The largest absolute Gasteiger partial charge is 0.115 e. The first kappa shape index (κ1) is 12.1. The number of benzene rings is 3. The van der Waals surface area contributed by atoms with E-state index in [2.05, 4.69) is 42.0 Å². The van der Waals surface area contributed by atoms with Crippen molar-refractivity contribution in [3.8, 4) is 24.2 Å². The Bertz CT molecular complexity index is 850. The zero-order valence-corrected chi connectivity index (χ0v) is 10.9. The van der Waals surface area contributed by atoms with Crippen LogP contribution in [0.3, 0.4) is 0 Å². The van der Waals surface area contributed by atoms with Crippen molar-refractivity contribution in [1.29, 1.82) is 0 Å². The summed E-state index contributed by atoms with van der Waals surface area (Å²) in [6, 6.07) is 22.2. The van der Waals surface area contributed by atoms with E-state index in [-0.39, 0.29) is 0 Å². The Hall–Kier alpha value is -2.96. The molecule has 3 rings (SSSR count). The number of fused-ring (bicyclic) bond motifs is 1. The Morgan fingerprint density at radius 2 is 1.20 bits per heavy atom. The second-order valence-corrected chi connectivity index (χ2v) is 4.53. The van der Waals surface area contributed by atoms with Crippen molar-refractivity contribution in [2.45, 2.75) is 0 Å². The van der Waals surface area contributed by atoms with Crippen LogP contribution in [0.5, 0.6) is 0 Å². The molecule has 0 amide bonds. The van der Waals surface area contributed by atoms with Crippen molar-refractivity contribution in [3.63, 3.8) is 0 Å². The van der Waals surface area contributed by atoms with E-state index in [0.717, 1.165) is 16.7 Å². The lowest BCUT2D eigenvalue weighted by Crippen LogP contribution is -1.79. The molecule has 0 bridgehead atoms. The highest BCUT2D eigenvalue weighted by molar-refractivity contribution is 5.83. The molecule has 0 fully saturated rings. The highest BCUT2D eigenvalue weighted by Crippen LogP contribution is 2.15. The molecule has 0 aliphatic carbocycles. The molecule has 20 heavy (non-hydrogen) atoms. The van der Waals surface area contributed by atoms with Gasteiger partial charge in [0, 0.05) is 16.7 Å². The van der Waals surface area contributed by atoms with Gasteiger partial charge in [0.1, 0.15) is 0 Å². The molecule has 0 nitrogen and oxygen atoms in total. The van der Waals surface area contributed by atoms with Gasteiger partial charge in [0.15, 0.2) is 0 Å². The molecule has 92 valence electrons. The van der Waals surface area contributed by atoms with Gasteiger partial charge in [-0.3, -0.25) is 0 Å². The molecule has 0 atom stereocenters. The minimum atomic E-state index is 0.876. The van der Waals surface area contributed by atoms with Crippen LogP contribution < -0.4 is 0 Å². The van der Waals surface area contributed by atoms with E-state index in [4.69, 9.17) is 6.42 Å². The topological polar surface area (TPSA) is 0 Å².